The van der Waals surface area contributed by atoms with Crippen molar-refractivity contribution < 1.29 is 8.78 Å². The molecule has 0 saturated heterocycles. The first kappa shape index (κ1) is 12.7. The van der Waals surface area contributed by atoms with Gasteiger partial charge in [-0.05, 0) is 23.6 Å². The van der Waals surface area contributed by atoms with Crippen molar-refractivity contribution in [1.82, 2.24) is 5.43 Å². The van der Waals surface area contributed by atoms with Gasteiger partial charge in [-0.3, -0.25) is 5.84 Å². The van der Waals surface area contributed by atoms with Crippen LogP contribution in [0.15, 0.2) is 35.7 Å². The first-order chi connectivity index (χ1) is 9.20. The molecular weight excluding hydrogens is 286 g/mol. The molecule has 0 fully saturated rings. The van der Waals surface area contributed by atoms with E-state index >= 15 is 0 Å². The highest BCUT2D eigenvalue weighted by Crippen LogP contribution is 2.36. The molecule has 3 N–H and O–H groups in total. The molecule has 0 bridgehead atoms. The van der Waals surface area contributed by atoms with Gasteiger partial charge in [0.15, 0.2) is 11.6 Å². The summed E-state index contributed by atoms with van der Waals surface area (Å²) in [7, 11) is 0. The van der Waals surface area contributed by atoms with E-state index in [-0.39, 0.29) is 5.56 Å². The Labute approximate surface area is 116 Å². The lowest BCUT2D eigenvalue weighted by atomic mass is 10.1. The van der Waals surface area contributed by atoms with E-state index in [0.717, 1.165) is 20.3 Å². The van der Waals surface area contributed by atoms with Crippen LogP contribution in [0.4, 0.5) is 8.78 Å². The van der Waals surface area contributed by atoms with Crippen LogP contribution in [0.2, 0.25) is 0 Å². The summed E-state index contributed by atoms with van der Waals surface area (Å²) in [6.45, 7) is 0. The minimum Gasteiger partial charge on any atom is -0.271 e. The lowest BCUT2D eigenvalue weighted by Crippen LogP contribution is -2.29. The predicted octanol–water partition coefficient (Wildman–Crippen LogP) is 3.79. The zero-order valence-electron chi connectivity index (χ0n) is 9.69. The number of halogens is 2. The average molecular weight is 296 g/mol. The third-order valence-corrected chi connectivity index (χ3v) is 5.06. The van der Waals surface area contributed by atoms with Gasteiger partial charge in [0, 0.05) is 19.8 Å². The summed E-state index contributed by atoms with van der Waals surface area (Å²) < 4.78 is 29.4. The first-order valence-corrected chi connectivity index (χ1v) is 7.27. The normalized spacial score (nSPS) is 13.0. The molecule has 3 rings (SSSR count). The summed E-state index contributed by atoms with van der Waals surface area (Å²) >= 11 is 3.14. The van der Waals surface area contributed by atoms with Gasteiger partial charge in [-0.15, -0.1) is 22.7 Å². The van der Waals surface area contributed by atoms with Crippen LogP contribution in [0.3, 0.4) is 0 Å². The number of rotatable bonds is 3. The van der Waals surface area contributed by atoms with E-state index in [2.05, 4.69) is 5.43 Å². The molecule has 0 spiro atoms. The number of fused-ring (bicyclic) bond motifs is 1. The van der Waals surface area contributed by atoms with Crippen molar-refractivity contribution in [1.29, 1.82) is 0 Å². The quantitative estimate of drug-likeness (QED) is 0.570. The maximum atomic E-state index is 13.8. The van der Waals surface area contributed by atoms with Crippen molar-refractivity contribution in [3.8, 4) is 0 Å². The Morgan fingerprint density at radius 1 is 1.16 bits per heavy atom. The van der Waals surface area contributed by atoms with Crippen molar-refractivity contribution in [3.05, 3.63) is 57.8 Å². The van der Waals surface area contributed by atoms with Crippen molar-refractivity contribution in [2.75, 3.05) is 0 Å². The third kappa shape index (κ3) is 2.17. The van der Waals surface area contributed by atoms with E-state index in [1.807, 2.05) is 17.5 Å². The molecule has 0 aliphatic rings. The number of hydrogen-bond acceptors (Lipinski definition) is 4. The lowest BCUT2D eigenvalue weighted by molar-refractivity contribution is 0.484. The topological polar surface area (TPSA) is 38.0 Å². The average Bonchev–Trinajstić information content (AvgIpc) is 2.96. The van der Waals surface area contributed by atoms with Crippen LogP contribution in [-0.4, -0.2) is 0 Å². The summed E-state index contributed by atoms with van der Waals surface area (Å²) in [4.78, 5) is 0.869. The Morgan fingerprint density at radius 2 is 2.00 bits per heavy atom. The predicted molar refractivity (Wildman–Crippen MR) is 75.2 cm³/mol. The molecule has 2 aromatic heterocycles. The van der Waals surface area contributed by atoms with Gasteiger partial charge in [-0.25, -0.2) is 14.2 Å². The molecule has 0 radical (unpaired) electrons. The summed E-state index contributed by atoms with van der Waals surface area (Å²) in [5.41, 5.74) is 2.78. The maximum Gasteiger partial charge on any atom is 0.164 e. The van der Waals surface area contributed by atoms with Crippen molar-refractivity contribution in [2.45, 2.75) is 6.04 Å². The molecule has 6 heteroatoms. The van der Waals surface area contributed by atoms with Gasteiger partial charge >= 0.3 is 0 Å². The molecule has 0 aliphatic carbocycles. The van der Waals surface area contributed by atoms with Gasteiger partial charge in [0.2, 0.25) is 0 Å². The van der Waals surface area contributed by atoms with Crippen molar-refractivity contribution in [3.63, 3.8) is 0 Å². The number of nitrogens with one attached hydrogen (secondary N) is 1. The number of hydrazine groups is 1. The second-order valence-electron chi connectivity index (χ2n) is 4.04. The highest BCUT2D eigenvalue weighted by Gasteiger charge is 2.21. The van der Waals surface area contributed by atoms with Crippen LogP contribution >= 0.6 is 22.7 Å². The Kier molecular flexibility index (Phi) is 3.32. The van der Waals surface area contributed by atoms with E-state index in [0.29, 0.717) is 0 Å². The van der Waals surface area contributed by atoms with Gasteiger partial charge in [0.05, 0.1) is 6.04 Å². The molecule has 3 aromatic rings. The van der Waals surface area contributed by atoms with Crippen LogP contribution in [0.1, 0.15) is 16.5 Å². The van der Waals surface area contributed by atoms with Gasteiger partial charge in [0.25, 0.3) is 0 Å². The monoisotopic (exact) mass is 296 g/mol. The van der Waals surface area contributed by atoms with Crippen LogP contribution in [0.5, 0.6) is 0 Å². The minimum atomic E-state index is -0.865. The summed E-state index contributed by atoms with van der Waals surface area (Å²) in [6.07, 6.45) is 0. The van der Waals surface area contributed by atoms with Gasteiger partial charge < -0.3 is 0 Å². The van der Waals surface area contributed by atoms with Crippen LogP contribution < -0.4 is 11.3 Å². The fraction of sp³-hybridized carbons (Fsp3) is 0.0769. The fourth-order valence-corrected chi connectivity index (χ4v) is 4.19. The molecule has 2 heterocycles. The molecule has 0 saturated carbocycles. The summed E-state index contributed by atoms with van der Waals surface area (Å²) in [6, 6.07) is 7.54. The maximum absolute atomic E-state index is 13.8. The first-order valence-electron chi connectivity index (χ1n) is 5.57. The Hall–Kier alpha value is -1.34. The minimum absolute atomic E-state index is 0.219. The smallest absolute Gasteiger partial charge is 0.164 e. The Balaban J connectivity index is 2.09. The largest absolute Gasteiger partial charge is 0.271 e. The Bertz CT molecular complexity index is 692. The number of hydrogen-bond donors (Lipinski definition) is 2. The molecule has 98 valence electrons. The van der Waals surface area contributed by atoms with E-state index in [9.17, 15) is 8.78 Å². The van der Waals surface area contributed by atoms with E-state index in [1.165, 1.54) is 23.5 Å². The van der Waals surface area contributed by atoms with E-state index < -0.39 is 17.7 Å². The lowest BCUT2D eigenvalue weighted by Gasteiger charge is -2.15. The molecule has 1 unspecified atom stereocenters. The SMILES string of the molecule is NNC(c1cc2sccc2s1)c1cccc(F)c1F. The molecule has 1 aromatic carbocycles. The van der Waals surface area contributed by atoms with Gasteiger partial charge in [0.1, 0.15) is 0 Å². The fourth-order valence-electron chi connectivity index (χ4n) is 2.00. The second-order valence-corrected chi connectivity index (χ2v) is 6.10. The molecule has 2 nitrogen and oxygen atoms in total. The van der Waals surface area contributed by atoms with Crippen LogP contribution in [0.25, 0.3) is 9.40 Å². The third-order valence-electron chi connectivity index (χ3n) is 2.90. The molecule has 0 amide bonds. The Morgan fingerprint density at radius 3 is 2.74 bits per heavy atom. The molecular formula is C13H10F2N2S2. The van der Waals surface area contributed by atoms with Crippen LogP contribution in [0, 0.1) is 11.6 Å². The molecule has 0 aliphatic heterocycles. The van der Waals surface area contributed by atoms with Gasteiger partial charge in [-0.1, -0.05) is 12.1 Å². The summed E-state index contributed by atoms with van der Waals surface area (Å²) in [5, 5.41) is 2.00. The zero-order chi connectivity index (χ0) is 13.4. The highest BCUT2D eigenvalue weighted by atomic mass is 32.1. The van der Waals surface area contributed by atoms with Crippen molar-refractivity contribution >= 4 is 32.1 Å². The molecule has 19 heavy (non-hydrogen) atoms. The van der Waals surface area contributed by atoms with Gasteiger partial charge in [-0.2, -0.15) is 0 Å². The number of nitrogens with two attached hydrogens (primary N) is 1. The molecule has 1 atom stereocenters. The standard InChI is InChI=1S/C13H10F2N2S2/c14-8-3-1-2-7(12(8)15)13(17-16)11-6-10-9(19-11)4-5-18-10/h1-6,13,17H,16H2. The van der Waals surface area contributed by atoms with Crippen LogP contribution in [-0.2, 0) is 0 Å². The number of thiophene rings is 2. The summed E-state index contributed by atoms with van der Waals surface area (Å²) in [5.74, 6) is 3.79. The van der Waals surface area contributed by atoms with Crippen molar-refractivity contribution in [2.24, 2.45) is 5.84 Å². The van der Waals surface area contributed by atoms with E-state index in [4.69, 9.17) is 5.84 Å². The number of benzene rings is 1. The van der Waals surface area contributed by atoms with E-state index in [1.54, 1.807) is 11.3 Å². The zero-order valence-corrected chi connectivity index (χ0v) is 11.3. The highest BCUT2D eigenvalue weighted by molar-refractivity contribution is 7.27. The second kappa shape index (κ2) is 4.97.